The quantitative estimate of drug-likeness (QED) is 0.793. The smallest absolute Gasteiger partial charge is 0.0223 e. The third kappa shape index (κ3) is 5.39. The molecule has 0 aromatic heterocycles. The first-order valence-corrected chi connectivity index (χ1v) is 7.40. The van der Waals surface area contributed by atoms with Crippen molar-refractivity contribution >= 4 is 0 Å². The van der Waals surface area contributed by atoms with Crippen molar-refractivity contribution in [3.05, 3.63) is 0 Å². The van der Waals surface area contributed by atoms with Gasteiger partial charge in [0.1, 0.15) is 0 Å². The summed E-state index contributed by atoms with van der Waals surface area (Å²) in [7, 11) is 0. The maximum absolute atomic E-state index is 3.54. The summed E-state index contributed by atoms with van der Waals surface area (Å²) in [5.74, 6) is 0. The van der Waals surface area contributed by atoms with E-state index in [0.29, 0.717) is 5.41 Å². The lowest BCUT2D eigenvalue weighted by Crippen LogP contribution is -2.49. The zero-order valence-electron chi connectivity index (χ0n) is 12.6. The van der Waals surface area contributed by atoms with Gasteiger partial charge in [0.05, 0.1) is 0 Å². The zero-order chi connectivity index (χ0) is 12.9. The maximum atomic E-state index is 3.54. The molecule has 0 radical (unpaired) electrons. The number of rotatable bonds is 5. The SMILES string of the molecule is CCN(C(C)CCC(C)(C)C)C1CCCNC1. The van der Waals surface area contributed by atoms with Crippen molar-refractivity contribution in [3.8, 4) is 0 Å². The molecule has 2 atom stereocenters. The van der Waals surface area contributed by atoms with Crippen molar-refractivity contribution < 1.29 is 0 Å². The van der Waals surface area contributed by atoms with Crippen LogP contribution in [-0.2, 0) is 0 Å². The molecule has 102 valence electrons. The molecule has 1 aliphatic heterocycles. The van der Waals surface area contributed by atoms with Gasteiger partial charge in [-0.2, -0.15) is 0 Å². The number of piperidine rings is 1. The summed E-state index contributed by atoms with van der Waals surface area (Å²) in [4.78, 5) is 2.71. The highest BCUT2D eigenvalue weighted by Crippen LogP contribution is 2.24. The predicted octanol–water partition coefficient (Wildman–Crippen LogP) is 3.28. The molecule has 17 heavy (non-hydrogen) atoms. The van der Waals surface area contributed by atoms with E-state index in [1.807, 2.05) is 0 Å². The van der Waals surface area contributed by atoms with E-state index in [-0.39, 0.29) is 0 Å². The molecule has 0 saturated carbocycles. The van der Waals surface area contributed by atoms with E-state index in [1.54, 1.807) is 0 Å². The van der Waals surface area contributed by atoms with Crippen LogP contribution in [0.5, 0.6) is 0 Å². The van der Waals surface area contributed by atoms with Gasteiger partial charge in [-0.1, -0.05) is 27.7 Å². The molecule has 2 nitrogen and oxygen atoms in total. The second-order valence-corrected chi connectivity index (χ2v) is 6.78. The predicted molar refractivity (Wildman–Crippen MR) is 76.4 cm³/mol. The Hall–Kier alpha value is -0.0800. The van der Waals surface area contributed by atoms with Crippen LogP contribution in [0.2, 0.25) is 0 Å². The Morgan fingerprint density at radius 2 is 2.06 bits per heavy atom. The van der Waals surface area contributed by atoms with Crippen molar-refractivity contribution in [2.24, 2.45) is 5.41 Å². The average Bonchev–Trinajstić information content (AvgIpc) is 2.28. The Balaban J connectivity index is 2.42. The third-order valence-corrected chi connectivity index (χ3v) is 3.98. The Morgan fingerprint density at radius 1 is 1.35 bits per heavy atom. The topological polar surface area (TPSA) is 15.3 Å². The number of nitrogens with zero attached hydrogens (tertiary/aromatic N) is 1. The summed E-state index contributed by atoms with van der Waals surface area (Å²) < 4.78 is 0. The van der Waals surface area contributed by atoms with Crippen LogP contribution < -0.4 is 5.32 Å². The van der Waals surface area contributed by atoms with E-state index in [9.17, 15) is 0 Å². The van der Waals surface area contributed by atoms with Crippen LogP contribution in [0.1, 0.15) is 60.3 Å². The first-order chi connectivity index (χ1) is 7.94. The molecule has 0 aromatic carbocycles. The van der Waals surface area contributed by atoms with E-state index in [2.05, 4.69) is 44.8 Å². The number of likely N-dealkylation sites (N-methyl/N-ethyl adjacent to an activating group) is 1. The molecule has 1 saturated heterocycles. The van der Waals surface area contributed by atoms with Gasteiger partial charge in [0, 0.05) is 18.6 Å². The number of hydrogen-bond acceptors (Lipinski definition) is 2. The normalized spacial score (nSPS) is 24.0. The molecule has 2 heteroatoms. The Morgan fingerprint density at radius 3 is 2.53 bits per heavy atom. The van der Waals surface area contributed by atoms with Gasteiger partial charge in [-0.3, -0.25) is 4.90 Å². The first-order valence-electron chi connectivity index (χ1n) is 7.40. The first kappa shape index (κ1) is 15.0. The molecule has 0 amide bonds. The molecule has 0 aromatic rings. The van der Waals surface area contributed by atoms with Gasteiger partial charge in [-0.15, -0.1) is 0 Å². The van der Waals surface area contributed by atoms with Crippen LogP contribution in [0.15, 0.2) is 0 Å². The standard InChI is InChI=1S/C15H32N2/c1-6-17(14-8-7-11-16-12-14)13(2)9-10-15(3,4)5/h13-14,16H,6-12H2,1-5H3. The summed E-state index contributed by atoms with van der Waals surface area (Å²) in [6.45, 7) is 15.3. The van der Waals surface area contributed by atoms with Crippen LogP contribution in [0.25, 0.3) is 0 Å². The third-order valence-electron chi connectivity index (χ3n) is 3.98. The second kappa shape index (κ2) is 6.75. The lowest BCUT2D eigenvalue weighted by atomic mass is 9.88. The minimum atomic E-state index is 0.471. The fourth-order valence-corrected chi connectivity index (χ4v) is 2.85. The molecule has 0 aliphatic carbocycles. The van der Waals surface area contributed by atoms with Crippen LogP contribution in [0, 0.1) is 5.41 Å². The largest absolute Gasteiger partial charge is 0.315 e. The van der Waals surface area contributed by atoms with Crippen molar-refractivity contribution in [2.45, 2.75) is 72.4 Å². The van der Waals surface area contributed by atoms with Gasteiger partial charge >= 0.3 is 0 Å². The number of nitrogens with one attached hydrogen (secondary N) is 1. The van der Waals surface area contributed by atoms with Crippen molar-refractivity contribution in [1.29, 1.82) is 0 Å². The van der Waals surface area contributed by atoms with Crippen LogP contribution in [-0.4, -0.2) is 36.6 Å². The summed E-state index contributed by atoms with van der Waals surface area (Å²) >= 11 is 0. The Labute approximate surface area is 108 Å². The van der Waals surface area contributed by atoms with Gasteiger partial charge < -0.3 is 5.32 Å². The van der Waals surface area contributed by atoms with Crippen molar-refractivity contribution in [1.82, 2.24) is 10.2 Å². The molecule has 1 aliphatic rings. The maximum Gasteiger partial charge on any atom is 0.0223 e. The lowest BCUT2D eigenvalue weighted by Gasteiger charge is -2.39. The van der Waals surface area contributed by atoms with Gasteiger partial charge in [0.25, 0.3) is 0 Å². The van der Waals surface area contributed by atoms with E-state index in [4.69, 9.17) is 0 Å². The number of hydrogen-bond donors (Lipinski definition) is 1. The lowest BCUT2D eigenvalue weighted by molar-refractivity contribution is 0.114. The molecular weight excluding hydrogens is 208 g/mol. The molecule has 0 spiro atoms. The Bertz CT molecular complexity index is 201. The zero-order valence-corrected chi connectivity index (χ0v) is 12.6. The highest BCUT2D eigenvalue weighted by Gasteiger charge is 2.24. The fourth-order valence-electron chi connectivity index (χ4n) is 2.85. The average molecular weight is 240 g/mol. The monoisotopic (exact) mass is 240 g/mol. The molecular formula is C15H32N2. The van der Waals surface area contributed by atoms with E-state index < -0.39 is 0 Å². The van der Waals surface area contributed by atoms with E-state index in [0.717, 1.165) is 12.1 Å². The van der Waals surface area contributed by atoms with Gasteiger partial charge in [-0.25, -0.2) is 0 Å². The molecule has 1 rings (SSSR count). The summed E-state index contributed by atoms with van der Waals surface area (Å²) in [6.07, 6.45) is 5.37. The van der Waals surface area contributed by atoms with Gasteiger partial charge in [0.15, 0.2) is 0 Å². The second-order valence-electron chi connectivity index (χ2n) is 6.78. The molecule has 1 fully saturated rings. The van der Waals surface area contributed by atoms with Gasteiger partial charge in [-0.05, 0) is 51.1 Å². The van der Waals surface area contributed by atoms with Crippen LogP contribution in [0.4, 0.5) is 0 Å². The van der Waals surface area contributed by atoms with Gasteiger partial charge in [0.2, 0.25) is 0 Å². The highest BCUT2D eigenvalue weighted by atomic mass is 15.2. The molecule has 0 bridgehead atoms. The van der Waals surface area contributed by atoms with E-state index >= 15 is 0 Å². The van der Waals surface area contributed by atoms with E-state index in [1.165, 1.54) is 45.3 Å². The summed E-state index contributed by atoms with van der Waals surface area (Å²) in [6, 6.07) is 1.49. The minimum Gasteiger partial charge on any atom is -0.315 e. The van der Waals surface area contributed by atoms with Crippen molar-refractivity contribution in [3.63, 3.8) is 0 Å². The highest BCUT2D eigenvalue weighted by molar-refractivity contribution is 4.82. The minimum absolute atomic E-state index is 0.471. The summed E-state index contributed by atoms with van der Waals surface area (Å²) in [5.41, 5.74) is 0.471. The molecule has 2 unspecified atom stereocenters. The van der Waals surface area contributed by atoms with Crippen molar-refractivity contribution in [2.75, 3.05) is 19.6 Å². The Kier molecular flexibility index (Phi) is 5.94. The molecule has 1 N–H and O–H groups in total. The molecule has 1 heterocycles. The summed E-state index contributed by atoms with van der Waals surface area (Å²) in [5, 5.41) is 3.54. The van der Waals surface area contributed by atoms with Crippen LogP contribution in [0.3, 0.4) is 0 Å². The fraction of sp³-hybridized carbons (Fsp3) is 1.00. The van der Waals surface area contributed by atoms with Crippen LogP contribution >= 0.6 is 0 Å².